The van der Waals surface area contributed by atoms with Crippen LogP contribution in [0.15, 0.2) is 30.3 Å². The fourth-order valence-corrected chi connectivity index (χ4v) is 2.44. The third-order valence-electron chi connectivity index (χ3n) is 3.44. The third-order valence-corrected chi connectivity index (χ3v) is 3.44. The van der Waals surface area contributed by atoms with Gasteiger partial charge in [-0.3, -0.25) is 4.90 Å². The Hall–Kier alpha value is -0.860. The zero-order valence-corrected chi connectivity index (χ0v) is 10.2. The monoisotopic (exact) mass is 218 g/mol. The van der Waals surface area contributed by atoms with Gasteiger partial charge >= 0.3 is 0 Å². The molecule has 1 aliphatic heterocycles. The second-order valence-electron chi connectivity index (χ2n) is 4.74. The minimum atomic E-state index is 0.746. The summed E-state index contributed by atoms with van der Waals surface area (Å²) in [5, 5.41) is 3.47. The number of hydrogen-bond acceptors (Lipinski definition) is 2. The van der Waals surface area contributed by atoms with E-state index in [1.54, 1.807) is 0 Å². The van der Waals surface area contributed by atoms with Gasteiger partial charge in [-0.25, -0.2) is 0 Å². The molecule has 88 valence electrons. The first-order valence-electron chi connectivity index (χ1n) is 6.31. The van der Waals surface area contributed by atoms with Gasteiger partial charge in [-0.1, -0.05) is 30.3 Å². The van der Waals surface area contributed by atoms with Gasteiger partial charge < -0.3 is 5.32 Å². The molecule has 1 aromatic carbocycles. The van der Waals surface area contributed by atoms with E-state index in [9.17, 15) is 0 Å². The maximum absolute atomic E-state index is 3.47. The first kappa shape index (κ1) is 11.6. The van der Waals surface area contributed by atoms with Gasteiger partial charge in [0, 0.05) is 12.6 Å². The minimum absolute atomic E-state index is 0.746. The van der Waals surface area contributed by atoms with Crippen LogP contribution in [0.25, 0.3) is 0 Å². The van der Waals surface area contributed by atoms with E-state index < -0.39 is 0 Å². The smallest absolute Gasteiger partial charge is 0.0233 e. The Kier molecular flexibility index (Phi) is 4.37. The Balaban J connectivity index is 1.89. The first-order valence-corrected chi connectivity index (χ1v) is 6.31. The molecule has 1 aliphatic rings. The summed E-state index contributed by atoms with van der Waals surface area (Å²) in [5.74, 6) is 0. The Morgan fingerprint density at radius 2 is 2.00 bits per heavy atom. The van der Waals surface area contributed by atoms with E-state index in [1.165, 1.54) is 37.9 Å². The van der Waals surface area contributed by atoms with Crippen molar-refractivity contribution in [3.8, 4) is 0 Å². The second kappa shape index (κ2) is 6.02. The molecule has 1 saturated heterocycles. The van der Waals surface area contributed by atoms with Crippen LogP contribution in [0.5, 0.6) is 0 Å². The Labute approximate surface area is 98.7 Å². The number of nitrogens with one attached hydrogen (secondary N) is 1. The molecule has 0 unspecified atom stereocenters. The minimum Gasteiger partial charge on any atom is -0.317 e. The summed E-state index contributed by atoms with van der Waals surface area (Å²) in [7, 11) is 2.25. The van der Waals surface area contributed by atoms with Crippen molar-refractivity contribution in [3.63, 3.8) is 0 Å². The fourth-order valence-electron chi connectivity index (χ4n) is 2.44. The molecule has 0 spiro atoms. The van der Waals surface area contributed by atoms with E-state index in [4.69, 9.17) is 0 Å². The SMILES string of the molecule is CN(Cc1ccccc1)[C@@H]1CCCNCC1. The topological polar surface area (TPSA) is 15.3 Å². The molecule has 1 fully saturated rings. The number of benzene rings is 1. The van der Waals surface area contributed by atoms with Crippen molar-refractivity contribution in [1.82, 2.24) is 10.2 Å². The highest BCUT2D eigenvalue weighted by molar-refractivity contribution is 5.14. The summed E-state index contributed by atoms with van der Waals surface area (Å²) in [6, 6.07) is 11.5. The number of rotatable bonds is 3. The first-order chi connectivity index (χ1) is 7.86. The lowest BCUT2D eigenvalue weighted by Gasteiger charge is -2.26. The largest absolute Gasteiger partial charge is 0.317 e. The van der Waals surface area contributed by atoms with Crippen molar-refractivity contribution in [1.29, 1.82) is 0 Å². The Morgan fingerprint density at radius 3 is 2.81 bits per heavy atom. The van der Waals surface area contributed by atoms with Crippen molar-refractivity contribution >= 4 is 0 Å². The molecule has 0 bridgehead atoms. The van der Waals surface area contributed by atoms with Crippen molar-refractivity contribution in [2.75, 3.05) is 20.1 Å². The van der Waals surface area contributed by atoms with E-state index >= 15 is 0 Å². The van der Waals surface area contributed by atoms with Crippen LogP contribution in [-0.4, -0.2) is 31.1 Å². The van der Waals surface area contributed by atoms with Crippen molar-refractivity contribution in [2.24, 2.45) is 0 Å². The molecule has 1 atom stereocenters. The van der Waals surface area contributed by atoms with Gasteiger partial charge in [-0.05, 0) is 45.0 Å². The predicted octanol–water partition coefficient (Wildman–Crippen LogP) is 2.26. The van der Waals surface area contributed by atoms with Crippen LogP contribution < -0.4 is 5.32 Å². The summed E-state index contributed by atoms with van der Waals surface area (Å²) < 4.78 is 0. The molecule has 2 nitrogen and oxygen atoms in total. The lowest BCUT2D eigenvalue weighted by molar-refractivity contribution is 0.216. The third kappa shape index (κ3) is 3.32. The van der Waals surface area contributed by atoms with Crippen LogP contribution in [0, 0.1) is 0 Å². The molecular weight excluding hydrogens is 196 g/mol. The van der Waals surface area contributed by atoms with Gasteiger partial charge in [0.15, 0.2) is 0 Å². The normalized spacial score (nSPS) is 22.0. The van der Waals surface area contributed by atoms with Gasteiger partial charge in [0.2, 0.25) is 0 Å². The van der Waals surface area contributed by atoms with E-state index in [-0.39, 0.29) is 0 Å². The Morgan fingerprint density at radius 1 is 1.19 bits per heavy atom. The molecule has 1 aromatic rings. The summed E-state index contributed by atoms with van der Waals surface area (Å²) in [6.45, 7) is 3.44. The average molecular weight is 218 g/mol. The van der Waals surface area contributed by atoms with E-state index in [0.717, 1.165) is 12.6 Å². The van der Waals surface area contributed by atoms with Crippen molar-refractivity contribution in [3.05, 3.63) is 35.9 Å². The maximum Gasteiger partial charge on any atom is 0.0233 e. The average Bonchev–Trinajstić information content (AvgIpc) is 2.59. The van der Waals surface area contributed by atoms with E-state index in [1.807, 2.05) is 0 Å². The zero-order chi connectivity index (χ0) is 11.2. The van der Waals surface area contributed by atoms with Gasteiger partial charge in [-0.2, -0.15) is 0 Å². The number of hydrogen-bond donors (Lipinski definition) is 1. The molecule has 2 rings (SSSR count). The zero-order valence-electron chi connectivity index (χ0n) is 10.2. The second-order valence-corrected chi connectivity index (χ2v) is 4.74. The van der Waals surface area contributed by atoms with Crippen LogP contribution in [0.1, 0.15) is 24.8 Å². The molecule has 16 heavy (non-hydrogen) atoms. The van der Waals surface area contributed by atoms with E-state index in [0.29, 0.717) is 0 Å². The lowest BCUT2D eigenvalue weighted by atomic mass is 10.1. The molecule has 0 radical (unpaired) electrons. The van der Waals surface area contributed by atoms with Gasteiger partial charge in [-0.15, -0.1) is 0 Å². The standard InChI is InChI=1S/C14H22N2/c1-16(12-13-6-3-2-4-7-13)14-8-5-10-15-11-9-14/h2-4,6-7,14-15H,5,8-12H2,1H3/t14-/m1/s1. The van der Waals surface area contributed by atoms with Gasteiger partial charge in [0.05, 0.1) is 0 Å². The summed E-state index contributed by atoms with van der Waals surface area (Å²) >= 11 is 0. The Bertz CT molecular complexity index is 289. The van der Waals surface area contributed by atoms with Crippen molar-refractivity contribution < 1.29 is 0 Å². The van der Waals surface area contributed by atoms with Gasteiger partial charge in [0.1, 0.15) is 0 Å². The predicted molar refractivity (Wildman–Crippen MR) is 68.4 cm³/mol. The summed E-state index contributed by atoms with van der Waals surface area (Å²) in [6.07, 6.45) is 3.92. The van der Waals surface area contributed by atoms with Gasteiger partial charge in [0.25, 0.3) is 0 Å². The number of nitrogens with zero attached hydrogens (tertiary/aromatic N) is 1. The molecular formula is C14H22N2. The van der Waals surface area contributed by atoms with Crippen LogP contribution >= 0.6 is 0 Å². The fraction of sp³-hybridized carbons (Fsp3) is 0.571. The molecule has 0 aliphatic carbocycles. The molecule has 0 aromatic heterocycles. The summed E-state index contributed by atoms with van der Waals surface area (Å²) in [5.41, 5.74) is 1.42. The van der Waals surface area contributed by atoms with Crippen LogP contribution in [0.3, 0.4) is 0 Å². The van der Waals surface area contributed by atoms with E-state index in [2.05, 4.69) is 47.6 Å². The highest BCUT2D eigenvalue weighted by atomic mass is 15.1. The molecule has 1 heterocycles. The molecule has 0 amide bonds. The molecule has 2 heteroatoms. The molecule has 0 saturated carbocycles. The molecule has 1 N–H and O–H groups in total. The van der Waals surface area contributed by atoms with Crippen LogP contribution in [-0.2, 0) is 6.54 Å². The highest BCUT2D eigenvalue weighted by Crippen LogP contribution is 2.14. The van der Waals surface area contributed by atoms with Crippen molar-refractivity contribution in [2.45, 2.75) is 31.8 Å². The summed E-state index contributed by atoms with van der Waals surface area (Å²) in [4.78, 5) is 2.50. The quantitative estimate of drug-likeness (QED) is 0.837. The highest BCUT2D eigenvalue weighted by Gasteiger charge is 2.16. The van der Waals surface area contributed by atoms with Crippen LogP contribution in [0.4, 0.5) is 0 Å². The lowest BCUT2D eigenvalue weighted by Crippen LogP contribution is -2.31. The van der Waals surface area contributed by atoms with Crippen LogP contribution in [0.2, 0.25) is 0 Å². The maximum atomic E-state index is 3.47.